The van der Waals surface area contributed by atoms with Crippen molar-refractivity contribution >= 4 is 40.7 Å². The summed E-state index contributed by atoms with van der Waals surface area (Å²) < 4.78 is 0. The van der Waals surface area contributed by atoms with E-state index in [4.69, 9.17) is 10.7 Å². The van der Waals surface area contributed by atoms with Crippen molar-refractivity contribution in [3.05, 3.63) is 47.8 Å². The second-order valence-corrected chi connectivity index (χ2v) is 10.2. The summed E-state index contributed by atoms with van der Waals surface area (Å²) in [6, 6.07) is 10.8. The molecular weight excluding hydrogens is 458 g/mol. The third-order valence-corrected chi connectivity index (χ3v) is 7.84. The Morgan fingerprint density at radius 1 is 1.00 bits per heavy atom. The van der Waals surface area contributed by atoms with Gasteiger partial charge in [0.25, 0.3) is 0 Å². The lowest BCUT2D eigenvalue weighted by Gasteiger charge is -2.25. The second kappa shape index (κ2) is 10.1. The van der Waals surface area contributed by atoms with Crippen molar-refractivity contribution in [2.45, 2.75) is 63.8 Å². The van der Waals surface area contributed by atoms with Crippen LogP contribution in [0.15, 0.2) is 36.5 Å². The normalized spacial score (nSPS) is 20.0. The van der Waals surface area contributed by atoms with Crippen LogP contribution < -0.4 is 16.0 Å². The molecule has 0 radical (unpaired) electrons. The van der Waals surface area contributed by atoms with Crippen molar-refractivity contribution in [1.82, 2.24) is 9.97 Å². The Labute approximate surface area is 213 Å². The van der Waals surface area contributed by atoms with Crippen molar-refractivity contribution in [3.8, 4) is 11.1 Å². The molecule has 7 heteroatoms. The number of anilines is 2. The number of rotatable bonds is 4. The predicted octanol–water partition coefficient (Wildman–Crippen LogP) is 5.26. The van der Waals surface area contributed by atoms with Crippen LogP contribution in [0.25, 0.3) is 22.0 Å². The van der Waals surface area contributed by atoms with Gasteiger partial charge in [0.1, 0.15) is 5.82 Å². The fraction of sp³-hybridized carbons (Fsp3) is 0.464. The van der Waals surface area contributed by atoms with Crippen LogP contribution >= 0.6 is 12.4 Å². The molecule has 3 aliphatic rings. The highest BCUT2D eigenvalue weighted by atomic mass is 35.5. The lowest BCUT2D eigenvalue weighted by Crippen LogP contribution is -2.28. The Morgan fingerprint density at radius 2 is 1.83 bits per heavy atom. The summed E-state index contributed by atoms with van der Waals surface area (Å²) in [7, 11) is 0. The average Bonchev–Trinajstić information content (AvgIpc) is 3.08. The van der Waals surface area contributed by atoms with E-state index in [1.807, 2.05) is 12.1 Å². The number of carbonyl (C=O) groups is 1. The third kappa shape index (κ3) is 4.74. The molecule has 1 atom stereocenters. The molecular formula is C28H34ClN5O. The maximum absolute atomic E-state index is 12.4. The third-order valence-electron chi connectivity index (χ3n) is 7.84. The molecule has 6 rings (SSSR count). The van der Waals surface area contributed by atoms with Gasteiger partial charge < -0.3 is 16.0 Å². The van der Waals surface area contributed by atoms with Gasteiger partial charge in [-0.05, 0) is 85.9 Å². The first-order valence-corrected chi connectivity index (χ1v) is 12.9. The zero-order chi connectivity index (χ0) is 23.1. The lowest BCUT2D eigenvalue weighted by molar-refractivity contribution is -0.122. The summed E-state index contributed by atoms with van der Waals surface area (Å²) in [5, 5.41) is 4.23. The van der Waals surface area contributed by atoms with E-state index in [-0.39, 0.29) is 30.3 Å². The molecule has 2 aliphatic carbocycles. The van der Waals surface area contributed by atoms with Crippen molar-refractivity contribution in [2.24, 2.45) is 11.7 Å². The van der Waals surface area contributed by atoms with Crippen LogP contribution in [0.3, 0.4) is 0 Å². The van der Waals surface area contributed by atoms with E-state index in [0.717, 1.165) is 68.3 Å². The molecule has 1 aliphatic heterocycles. The number of aryl methyl sites for hydroxylation is 1. The number of nitrogens with one attached hydrogen (secondary N) is 1. The smallest absolute Gasteiger partial charge is 0.228 e. The van der Waals surface area contributed by atoms with Crippen LogP contribution in [0, 0.1) is 5.92 Å². The first kappa shape index (κ1) is 24.0. The minimum atomic E-state index is 0. The Hall–Kier alpha value is -2.70. The van der Waals surface area contributed by atoms with Gasteiger partial charge in [-0.1, -0.05) is 18.9 Å². The number of nitrogens with zero attached hydrogens (tertiary/aromatic N) is 3. The average molecular weight is 492 g/mol. The SMILES string of the molecule is Cl.NC1CCN(c2c3c(nc4ccc(-c5ccnc(NC(=O)C6CCC6)c5)cc24)CCCCC3)C1. The van der Waals surface area contributed by atoms with Crippen molar-refractivity contribution in [3.63, 3.8) is 0 Å². The maximum Gasteiger partial charge on any atom is 0.228 e. The van der Waals surface area contributed by atoms with E-state index in [2.05, 4.69) is 33.4 Å². The molecule has 3 N–H and O–H groups in total. The minimum Gasteiger partial charge on any atom is -0.369 e. The Kier molecular flexibility index (Phi) is 6.94. The number of hydrogen-bond donors (Lipinski definition) is 2. The summed E-state index contributed by atoms with van der Waals surface area (Å²) in [6.07, 6.45) is 11.8. The van der Waals surface area contributed by atoms with E-state index >= 15 is 0 Å². The number of aromatic nitrogens is 2. The van der Waals surface area contributed by atoms with Gasteiger partial charge in [0.15, 0.2) is 0 Å². The van der Waals surface area contributed by atoms with Gasteiger partial charge in [-0.15, -0.1) is 12.4 Å². The van der Waals surface area contributed by atoms with Gasteiger partial charge in [-0.2, -0.15) is 0 Å². The number of amides is 1. The molecule has 1 saturated carbocycles. The molecule has 0 spiro atoms. The van der Waals surface area contributed by atoms with Crippen LogP contribution in [-0.2, 0) is 17.6 Å². The highest BCUT2D eigenvalue weighted by Crippen LogP contribution is 2.39. The number of benzene rings is 1. The Bertz CT molecular complexity index is 1240. The lowest BCUT2D eigenvalue weighted by atomic mass is 9.85. The van der Waals surface area contributed by atoms with Crippen molar-refractivity contribution in [1.29, 1.82) is 0 Å². The number of pyridine rings is 2. The Balaban J connectivity index is 0.00000253. The van der Waals surface area contributed by atoms with E-state index in [0.29, 0.717) is 5.82 Å². The standard InChI is InChI=1S/C28H33N5O.ClH/c29-21-12-14-33(17-21)27-22-7-2-1-3-8-24(22)31-25-10-9-19(15-23(25)27)20-11-13-30-26(16-20)32-28(34)18-5-4-6-18;/h9-11,13,15-16,18,21H,1-8,12,14,17,29H2,(H,30,32,34);1H. The minimum absolute atomic E-state index is 0. The molecule has 2 aromatic heterocycles. The maximum atomic E-state index is 12.4. The fourth-order valence-corrected chi connectivity index (χ4v) is 5.68. The largest absolute Gasteiger partial charge is 0.369 e. The van der Waals surface area contributed by atoms with Crippen LogP contribution in [0.4, 0.5) is 11.5 Å². The van der Waals surface area contributed by atoms with Gasteiger partial charge in [0.2, 0.25) is 5.91 Å². The van der Waals surface area contributed by atoms with Crippen LogP contribution in [-0.4, -0.2) is 35.0 Å². The van der Waals surface area contributed by atoms with Crippen LogP contribution in [0.1, 0.15) is 56.2 Å². The summed E-state index contributed by atoms with van der Waals surface area (Å²) in [5.74, 6) is 0.858. The quantitative estimate of drug-likeness (QED) is 0.486. The number of carbonyl (C=O) groups excluding carboxylic acids is 1. The van der Waals surface area contributed by atoms with E-state index in [1.165, 1.54) is 41.6 Å². The van der Waals surface area contributed by atoms with Gasteiger partial charge in [0, 0.05) is 42.3 Å². The van der Waals surface area contributed by atoms with Gasteiger partial charge in [-0.3, -0.25) is 9.78 Å². The molecule has 1 saturated heterocycles. The number of hydrogen-bond acceptors (Lipinski definition) is 5. The molecule has 35 heavy (non-hydrogen) atoms. The molecule has 1 amide bonds. The van der Waals surface area contributed by atoms with Gasteiger partial charge in [-0.25, -0.2) is 4.98 Å². The molecule has 3 heterocycles. The van der Waals surface area contributed by atoms with Crippen molar-refractivity contribution in [2.75, 3.05) is 23.3 Å². The molecule has 6 nitrogen and oxygen atoms in total. The van der Waals surface area contributed by atoms with E-state index in [1.54, 1.807) is 6.20 Å². The highest BCUT2D eigenvalue weighted by molar-refractivity contribution is 5.97. The van der Waals surface area contributed by atoms with Gasteiger partial charge >= 0.3 is 0 Å². The number of nitrogens with two attached hydrogens (primary N) is 1. The number of fused-ring (bicyclic) bond motifs is 2. The molecule has 1 aromatic carbocycles. The molecule has 2 fully saturated rings. The zero-order valence-corrected chi connectivity index (χ0v) is 20.9. The summed E-state index contributed by atoms with van der Waals surface area (Å²) in [5.41, 5.74) is 13.6. The topological polar surface area (TPSA) is 84.1 Å². The van der Waals surface area contributed by atoms with Gasteiger partial charge in [0.05, 0.1) is 11.2 Å². The van der Waals surface area contributed by atoms with E-state index in [9.17, 15) is 4.79 Å². The summed E-state index contributed by atoms with van der Waals surface area (Å²) >= 11 is 0. The van der Waals surface area contributed by atoms with Crippen LogP contribution in [0.5, 0.6) is 0 Å². The zero-order valence-electron chi connectivity index (χ0n) is 20.1. The first-order chi connectivity index (χ1) is 16.7. The van der Waals surface area contributed by atoms with Crippen LogP contribution in [0.2, 0.25) is 0 Å². The molecule has 0 bridgehead atoms. The molecule has 3 aromatic rings. The molecule has 1 unspecified atom stereocenters. The summed E-state index contributed by atoms with van der Waals surface area (Å²) in [4.78, 5) is 24.4. The monoisotopic (exact) mass is 491 g/mol. The van der Waals surface area contributed by atoms with E-state index < -0.39 is 0 Å². The highest BCUT2D eigenvalue weighted by Gasteiger charge is 2.27. The van der Waals surface area contributed by atoms with Crippen molar-refractivity contribution < 1.29 is 4.79 Å². The molecule has 184 valence electrons. The predicted molar refractivity (Wildman–Crippen MR) is 144 cm³/mol. The summed E-state index contributed by atoms with van der Waals surface area (Å²) in [6.45, 7) is 1.91. The fourth-order valence-electron chi connectivity index (χ4n) is 5.68. The Morgan fingerprint density at radius 3 is 2.60 bits per heavy atom. The second-order valence-electron chi connectivity index (χ2n) is 10.2. The number of halogens is 1. The first-order valence-electron chi connectivity index (χ1n) is 12.9.